The van der Waals surface area contributed by atoms with Crippen LogP contribution in [0, 0.1) is 0 Å². The van der Waals surface area contributed by atoms with Crippen molar-refractivity contribution in [3.63, 3.8) is 0 Å². The molecule has 0 spiro atoms. The molecular weight excluding hydrogens is 242 g/mol. The maximum Gasteiger partial charge on any atom is 0.343 e. The Labute approximate surface area is 91.3 Å². The summed E-state index contributed by atoms with van der Waals surface area (Å²) in [6.07, 6.45) is -0.181. The van der Waals surface area contributed by atoms with E-state index in [2.05, 4.69) is 6.58 Å². The molecule has 0 saturated heterocycles. The van der Waals surface area contributed by atoms with Gasteiger partial charge in [0.1, 0.15) is 0 Å². The minimum atomic E-state index is -5.13. The third-order valence-electron chi connectivity index (χ3n) is 1.72. The monoisotopic (exact) mass is 253 g/mol. The second-order valence-electron chi connectivity index (χ2n) is 2.85. The van der Waals surface area contributed by atoms with Crippen LogP contribution in [0.4, 0.5) is 0 Å². The third kappa shape index (κ3) is 3.02. The highest BCUT2D eigenvalue weighted by Crippen LogP contribution is 2.18. The zero-order valence-corrected chi connectivity index (χ0v) is 8.90. The van der Waals surface area contributed by atoms with E-state index in [1.54, 1.807) is 0 Å². The number of carboxylic acid groups (broad SMARTS) is 2. The van der Waals surface area contributed by atoms with Crippen LogP contribution in [0.15, 0.2) is 12.7 Å². The minimum Gasteiger partial charge on any atom is -0.481 e. The molecule has 0 bridgehead atoms. The molecule has 1 atom stereocenters. The van der Waals surface area contributed by atoms with Gasteiger partial charge in [-0.15, -0.1) is 6.58 Å². The van der Waals surface area contributed by atoms with Crippen molar-refractivity contribution in [2.24, 2.45) is 0 Å². The summed E-state index contributed by atoms with van der Waals surface area (Å²) < 4.78 is 30.7. The van der Waals surface area contributed by atoms with Gasteiger partial charge >= 0.3 is 11.9 Å². The molecule has 1 unspecified atom stereocenters. The summed E-state index contributed by atoms with van der Waals surface area (Å²) in [6, 6.07) is 0. The number of carboxylic acids is 2. The van der Waals surface area contributed by atoms with Gasteiger partial charge in [0, 0.05) is 6.54 Å². The van der Waals surface area contributed by atoms with Gasteiger partial charge in [-0.25, -0.2) is 4.79 Å². The molecule has 0 aromatic carbocycles. The summed E-state index contributed by atoms with van der Waals surface area (Å²) in [7, 11) is -5.13. The maximum atomic E-state index is 11.0. The Morgan fingerprint density at radius 1 is 1.38 bits per heavy atom. The van der Waals surface area contributed by atoms with E-state index >= 15 is 0 Å². The first-order valence-electron chi connectivity index (χ1n) is 3.95. The Hall–Kier alpha value is -1.45. The first-order chi connectivity index (χ1) is 7.17. The molecule has 0 radical (unpaired) electrons. The smallest absolute Gasteiger partial charge is 0.343 e. The van der Waals surface area contributed by atoms with Gasteiger partial charge in [0.15, 0.2) is 0 Å². The van der Waals surface area contributed by atoms with Crippen LogP contribution < -0.4 is 5.32 Å². The molecule has 16 heavy (non-hydrogen) atoms. The van der Waals surface area contributed by atoms with Crippen molar-refractivity contribution < 1.29 is 32.8 Å². The largest absolute Gasteiger partial charge is 0.481 e. The van der Waals surface area contributed by atoms with Crippen molar-refractivity contribution in [3.8, 4) is 0 Å². The first-order valence-corrected chi connectivity index (χ1v) is 5.39. The number of aliphatic carboxylic acids is 2. The fraction of sp³-hybridized carbons (Fsp3) is 0.429. The lowest BCUT2D eigenvalue weighted by Crippen LogP contribution is -2.59. The van der Waals surface area contributed by atoms with E-state index in [4.69, 9.17) is 14.8 Å². The molecule has 0 saturated carbocycles. The van der Waals surface area contributed by atoms with Crippen LogP contribution in [0.5, 0.6) is 0 Å². The van der Waals surface area contributed by atoms with E-state index in [0.717, 1.165) is 6.08 Å². The fourth-order valence-corrected chi connectivity index (χ4v) is 1.75. The lowest BCUT2D eigenvalue weighted by atomic mass is 10.2. The van der Waals surface area contributed by atoms with Gasteiger partial charge in [-0.2, -0.15) is 8.42 Å². The Bertz CT molecular complexity index is 401. The average molecular weight is 253 g/mol. The highest BCUT2D eigenvalue weighted by atomic mass is 32.2. The average Bonchev–Trinajstić information content (AvgIpc) is 2.09. The number of rotatable bonds is 7. The second-order valence-corrected chi connectivity index (χ2v) is 4.49. The van der Waals surface area contributed by atoms with Crippen molar-refractivity contribution in [1.82, 2.24) is 5.32 Å². The zero-order chi connectivity index (χ0) is 13.0. The molecule has 4 N–H and O–H groups in total. The molecule has 92 valence electrons. The zero-order valence-electron chi connectivity index (χ0n) is 8.08. The normalized spacial score (nSPS) is 15.1. The number of carbonyl (C=O) groups is 2. The molecule has 0 amide bonds. The Morgan fingerprint density at radius 2 is 1.88 bits per heavy atom. The molecule has 9 heteroatoms. The van der Waals surface area contributed by atoms with Crippen molar-refractivity contribution >= 4 is 22.1 Å². The van der Waals surface area contributed by atoms with Crippen molar-refractivity contribution in [1.29, 1.82) is 0 Å². The topological polar surface area (TPSA) is 141 Å². The summed E-state index contributed by atoms with van der Waals surface area (Å²) in [5, 5.41) is 19.1. The van der Waals surface area contributed by atoms with E-state index < -0.39 is 33.3 Å². The third-order valence-corrected chi connectivity index (χ3v) is 3.06. The fourth-order valence-electron chi connectivity index (χ4n) is 0.956. The van der Waals surface area contributed by atoms with Crippen molar-refractivity contribution in [2.45, 2.75) is 11.3 Å². The van der Waals surface area contributed by atoms with Gasteiger partial charge in [0.25, 0.3) is 15.0 Å². The van der Waals surface area contributed by atoms with E-state index in [-0.39, 0.29) is 6.54 Å². The van der Waals surface area contributed by atoms with Crippen LogP contribution in [0.2, 0.25) is 0 Å². The number of hydrogen-bond acceptors (Lipinski definition) is 5. The molecule has 0 fully saturated rings. The molecule has 0 aliphatic heterocycles. The van der Waals surface area contributed by atoms with Gasteiger partial charge in [0.2, 0.25) is 0 Å². The van der Waals surface area contributed by atoms with Crippen LogP contribution >= 0.6 is 0 Å². The molecular formula is C7H11NO7S. The van der Waals surface area contributed by atoms with Crippen LogP contribution in [0.3, 0.4) is 0 Å². The summed E-state index contributed by atoms with van der Waals surface area (Å²) in [5.74, 6) is -3.68. The van der Waals surface area contributed by atoms with E-state index in [1.807, 2.05) is 5.32 Å². The van der Waals surface area contributed by atoms with Gasteiger partial charge in [-0.3, -0.25) is 14.7 Å². The summed E-state index contributed by atoms with van der Waals surface area (Å²) in [5.41, 5.74) is 0. The van der Waals surface area contributed by atoms with Gasteiger partial charge in [-0.1, -0.05) is 6.08 Å². The SMILES string of the molecule is C=CCNC(CC(=O)O)(C(=O)O)S(=O)(=O)O. The Morgan fingerprint density at radius 3 is 2.12 bits per heavy atom. The molecule has 0 aromatic heterocycles. The van der Waals surface area contributed by atoms with Crippen molar-refractivity contribution in [3.05, 3.63) is 12.7 Å². The lowest BCUT2D eigenvalue weighted by molar-refractivity contribution is -0.147. The quantitative estimate of drug-likeness (QED) is 0.331. The van der Waals surface area contributed by atoms with Gasteiger partial charge in [-0.05, 0) is 0 Å². The molecule has 0 aliphatic rings. The predicted molar refractivity (Wildman–Crippen MR) is 52.4 cm³/mol. The Balaban J connectivity index is 5.48. The minimum absolute atomic E-state index is 0.292. The van der Waals surface area contributed by atoms with E-state index in [9.17, 15) is 18.0 Å². The molecule has 8 nitrogen and oxygen atoms in total. The molecule has 0 rings (SSSR count). The number of nitrogens with one attached hydrogen (secondary N) is 1. The van der Waals surface area contributed by atoms with Crippen LogP contribution in [0.1, 0.15) is 6.42 Å². The van der Waals surface area contributed by atoms with Gasteiger partial charge in [0.05, 0.1) is 6.42 Å². The number of hydrogen-bond donors (Lipinski definition) is 4. The molecule has 0 aliphatic carbocycles. The summed E-state index contributed by atoms with van der Waals surface area (Å²) in [6.45, 7) is 2.91. The molecule has 0 heterocycles. The van der Waals surface area contributed by atoms with Crippen molar-refractivity contribution in [2.75, 3.05) is 6.54 Å². The van der Waals surface area contributed by atoms with E-state index in [0.29, 0.717) is 0 Å². The highest BCUT2D eigenvalue weighted by Gasteiger charge is 2.52. The van der Waals surface area contributed by atoms with Crippen LogP contribution in [-0.2, 0) is 19.7 Å². The van der Waals surface area contributed by atoms with Crippen LogP contribution in [0.25, 0.3) is 0 Å². The van der Waals surface area contributed by atoms with E-state index in [1.165, 1.54) is 0 Å². The van der Waals surface area contributed by atoms with Crippen LogP contribution in [-0.4, -0.2) is 46.5 Å². The Kier molecular flexibility index (Phi) is 4.60. The maximum absolute atomic E-state index is 11.0. The van der Waals surface area contributed by atoms with Gasteiger partial charge < -0.3 is 10.2 Å². The summed E-state index contributed by atoms with van der Waals surface area (Å²) in [4.78, 5) is 18.3. The first kappa shape index (κ1) is 14.6. The lowest BCUT2D eigenvalue weighted by Gasteiger charge is -2.24. The standard InChI is InChI=1S/C7H11NO7S/c1-2-3-8-7(6(11)12,4-5(9)10)16(13,14)15/h2,8H,1,3-4H2,(H,9,10)(H,11,12)(H,13,14,15). The predicted octanol–water partition coefficient (Wildman–Crippen LogP) is -1.09. The molecule has 0 aromatic rings. The highest BCUT2D eigenvalue weighted by molar-refractivity contribution is 7.88. The summed E-state index contributed by atoms with van der Waals surface area (Å²) >= 11 is 0. The second kappa shape index (κ2) is 5.05.